The van der Waals surface area contributed by atoms with Gasteiger partial charge in [-0.05, 0) is 48.0 Å². The molecule has 0 saturated heterocycles. The largest absolute Gasteiger partial charge is 0.482 e. The van der Waals surface area contributed by atoms with Gasteiger partial charge >= 0.3 is 0 Å². The number of hydrogen-bond acceptors (Lipinski definition) is 6. The molecule has 0 radical (unpaired) electrons. The predicted molar refractivity (Wildman–Crippen MR) is 119 cm³/mol. The Hall–Kier alpha value is -4.02. The molecule has 1 aliphatic rings. The smallest absolute Gasteiger partial charge is 0.265 e. The Bertz CT molecular complexity index is 1290. The Morgan fingerprint density at radius 3 is 2.74 bits per heavy atom. The van der Waals surface area contributed by atoms with Gasteiger partial charge in [-0.15, -0.1) is 11.3 Å². The Morgan fingerprint density at radius 1 is 1.10 bits per heavy atom. The van der Waals surface area contributed by atoms with Crippen molar-refractivity contribution in [2.24, 2.45) is 0 Å². The van der Waals surface area contributed by atoms with Crippen molar-refractivity contribution in [2.75, 3.05) is 11.5 Å². The maximum absolute atomic E-state index is 12.6. The van der Waals surface area contributed by atoms with Crippen LogP contribution in [0.25, 0.3) is 22.0 Å². The summed E-state index contributed by atoms with van der Waals surface area (Å²) in [6.07, 6.45) is 1.75. The first-order valence-corrected chi connectivity index (χ1v) is 10.5. The zero-order valence-electron chi connectivity index (χ0n) is 16.4. The first-order valence-electron chi connectivity index (χ1n) is 9.65. The van der Waals surface area contributed by atoms with Gasteiger partial charge in [-0.2, -0.15) is 5.26 Å². The molecule has 4 aromatic rings. The first kappa shape index (κ1) is 19.0. The molecule has 0 atom stereocenters. The van der Waals surface area contributed by atoms with E-state index in [1.807, 2.05) is 53.9 Å². The van der Waals surface area contributed by atoms with E-state index in [-0.39, 0.29) is 12.5 Å². The number of thiazole rings is 1. The van der Waals surface area contributed by atoms with Crippen LogP contribution in [0, 0.1) is 11.3 Å². The molecule has 0 bridgehead atoms. The van der Waals surface area contributed by atoms with Gasteiger partial charge in [0.2, 0.25) is 0 Å². The average Bonchev–Trinajstić information content (AvgIpc) is 3.32. The Balaban J connectivity index is 1.47. The van der Waals surface area contributed by atoms with E-state index in [0.29, 0.717) is 23.5 Å². The molecular formula is C24H16N4O2S. The second kappa shape index (κ2) is 8.01. The van der Waals surface area contributed by atoms with Crippen molar-refractivity contribution in [3.8, 4) is 33.8 Å². The summed E-state index contributed by atoms with van der Waals surface area (Å²) in [4.78, 5) is 23.5. The van der Waals surface area contributed by atoms with Gasteiger partial charge in [0.05, 0.1) is 35.3 Å². The summed E-state index contributed by atoms with van der Waals surface area (Å²) in [5.74, 6) is 0.554. The van der Waals surface area contributed by atoms with Gasteiger partial charge in [0.15, 0.2) is 6.61 Å². The molecular weight excluding hydrogens is 408 g/mol. The van der Waals surface area contributed by atoms with E-state index in [1.165, 1.54) is 11.3 Å². The van der Waals surface area contributed by atoms with Crippen LogP contribution < -0.4 is 9.64 Å². The molecule has 31 heavy (non-hydrogen) atoms. The van der Waals surface area contributed by atoms with Gasteiger partial charge in [-0.3, -0.25) is 9.78 Å². The van der Waals surface area contributed by atoms with Crippen LogP contribution >= 0.6 is 11.3 Å². The van der Waals surface area contributed by atoms with E-state index in [9.17, 15) is 4.79 Å². The van der Waals surface area contributed by atoms with Gasteiger partial charge in [-0.1, -0.05) is 18.2 Å². The standard InChI is InChI=1S/C24H16N4O2S/c25-12-16-4-6-17(7-5-16)13-28-21-11-18(8-9-22(21)30-14-23(28)29)20-15-31-24(27-20)19-3-1-2-10-26-19/h1-11,15H,13-14H2. The lowest BCUT2D eigenvalue weighted by molar-refractivity contribution is -0.121. The fourth-order valence-corrected chi connectivity index (χ4v) is 4.22. The topological polar surface area (TPSA) is 79.1 Å². The number of fused-ring (bicyclic) bond motifs is 1. The Labute approximate surface area is 183 Å². The molecule has 0 spiro atoms. The molecule has 0 aliphatic carbocycles. The lowest BCUT2D eigenvalue weighted by atomic mass is 10.1. The minimum absolute atomic E-state index is 0.00313. The highest BCUT2D eigenvalue weighted by Crippen LogP contribution is 2.37. The molecule has 2 aromatic carbocycles. The number of carbonyl (C=O) groups excluding carboxylic acids is 1. The Kier molecular flexibility index (Phi) is 4.90. The zero-order valence-corrected chi connectivity index (χ0v) is 17.2. The van der Waals surface area contributed by atoms with Crippen molar-refractivity contribution in [1.29, 1.82) is 5.26 Å². The van der Waals surface area contributed by atoms with E-state index in [0.717, 1.165) is 27.5 Å². The number of amides is 1. The van der Waals surface area contributed by atoms with Crippen LogP contribution in [0.15, 0.2) is 72.2 Å². The molecule has 0 unspecified atom stereocenters. The number of benzene rings is 2. The van der Waals surface area contributed by atoms with Crippen molar-refractivity contribution in [2.45, 2.75) is 6.54 Å². The Morgan fingerprint density at radius 2 is 1.97 bits per heavy atom. The minimum atomic E-state index is -0.110. The first-order chi connectivity index (χ1) is 15.2. The van der Waals surface area contributed by atoms with Gasteiger partial charge in [0, 0.05) is 17.1 Å². The van der Waals surface area contributed by atoms with Gasteiger partial charge in [0.1, 0.15) is 10.8 Å². The normalized spacial score (nSPS) is 12.7. The number of carbonyl (C=O) groups is 1. The van der Waals surface area contributed by atoms with Crippen molar-refractivity contribution >= 4 is 22.9 Å². The number of nitriles is 1. The van der Waals surface area contributed by atoms with Gasteiger partial charge < -0.3 is 9.64 Å². The third-order valence-electron chi connectivity index (χ3n) is 5.01. The van der Waals surface area contributed by atoms with Crippen LogP contribution in [0.2, 0.25) is 0 Å². The lowest BCUT2D eigenvalue weighted by Crippen LogP contribution is -2.38. The highest BCUT2D eigenvalue weighted by atomic mass is 32.1. The molecule has 1 amide bonds. The molecule has 0 fully saturated rings. The number of pyridine rings is 1. The SMILES string of the molecule is N#Cc1ccc(CN2C(=O)COc3ccc(-c4csc(-c5ccccn5)n4)cc32)cc1. The fraction of sp³-hybridized carbons (Fsp3) is 0.0833. The van der Waals surface area contributed by atoms with E-state index in [1.54, 1.807) is 23.2 Å². The quantitative estimate of drug-likeness (QED) is 0.476. The van der Waals surface area contributed by atoms with Crippen LogP contribution in [0.5, 0.6) is 5.75 Å². The van der Waals surface area contributed by atoms with Crippen LogP contribution in [0.3, 0.4) is 0 Å². The second-order valence-corrected chi connectivity index (χ2v) is 7.87. The van der Waals surface area contributed by atoms with Crippen molar-refractivity contribution in [3.05, 3.63) is 83.4 Å². The third kappa shape index (κ3) is 3.77. The van der Waals surface area contributed by atoms with Crippen LogP contribution in [0.1, 0.15) is 11.1 Å². The molecule has 0 saturated carbocycles. The maximum atomic E-state index is 12.6. The summed E-state index contributed by atoms with van der Waals surface area (Å²) in [5, 5.41) is 11.8. The molecule has 150 valence electrons. The van der Waals surface area contributed by atoms with Crippen LogP contribution in [-0.4, -0.2) is 22.5 Å². The van der Waals surface area contributed by atoms with Crippen molar-refractivity contribution < 1.29 is 9.53 Å². The summed E-state index contributed by atoms with van der Waals surface area (Å²) in [6, 6.07) is 20.9. The highest BCUT2D eigenvalue weighted by Gasteiger charge is 2.26. The van der Waals surface area contributed by atoms with Crippen molar-refractivity contribution in [1.82, 2.24) is 9.97 Å². The number of nitrogens with zero attached hydrogens (tertiary/aromatic N) is 4. The lowest BCUT2D eigenvalue weighted by Gasteiger charge is -2.30. The predicted octanol–water partition coefficient (Wildman–Crippen LogP) is 4.67. The molecule has 0 N–H and O–H groups in total. The van der Waals surface area contributed by atoms with E-state index in [4.69, 9.17) is 15.0 Å². The van der Waals surface area contributed by atoms with Gasteiger partial charge in [0.25, 0.3) is 5.91 Å². The maximum Gasteiger partial charge on any atom is 0.265 e. The minimum Gasteiger partial charge on any atom is -0.482 e. The monoisotopic (exact) mass is 424 g/mol. The summed E-state index contributed by atoms with van der Waals surface area (Å²) < 4.78 is 5.64. The van der Waals surface area contributed by atoms with Crippen LogP contribution in [0.4, 0.5) is 5.69 Å². The van der Waals surface area contributed by atoms with Gasteiger partial charge in [-0.25, -0.2) is 4.98 Å². The molecule has 6 nitrogen and oxygen atoms in total. The van der Waals surface area contributed by atoms with E-state index in [2.05, 4.69) is 11.1 Å². The highest BCUT2D eigenvalue weighted by molar-refractivity contribution is 7.13. The second-order valence-electron chi connectivity index (χ2n) is 7.01. The summed E-state index contributed by atoms with van der Waals surface area (Å²) in [5.41, 5.74) is 4.80. The number of hydrogen-bond donors (Lipinski definition) is 0. The third-order valence-corrected chi connectivity index (χ3v) is 5.87. The number of aromatic nitrogens is 2. The number of ether oxygens (including phenoxy) is 1. The number of anilines is 1. The summed E-state index contributed by atoms with van der Waals surface area (Å²) >= 11 is 1.53. The molecule has 2 aromatic heterocycles. The van der Waals surface area contributed by atoms with E-state index < -0.39 is 0 Å². The number of rotatable bonds is 4. The summed E-state index contributed by atoms with van der Waals surface area (Å²) in [6.45, 7) is 0.407. The van der Waals surface area contributed by atoms with E-state index >= 15 is 0 Å². The zero-order chi connectivity index (χ0) is 21.2. The molecule has 7 heteroatoms. The van der Waals surface area contributed by atoms with Crippen molar-refractivity contribution in [3.63, 3.8) is 0 Å². The summed E-state index contributed by atoms with van der Waals surface area (Å²) in [7, 11) is 0. The average molecular weight is 424 g/mol. The molecule has 3 heterocycles. The fourth-order valence-electron chi connectivity index (χ4n) is 3.42. The molecule has 5 rings (SSSR count). The molecule has 1 aliphatic heterocycles. The van der Waals surface area contributed by atoms with Crippen LogP contribution in [-0.2, 0) is 11.3 Å².